The SMILES string of the molecule is Clc1cc2c(cc1C(Br)C1CC3CC3C1)OCCO2. The zero-order valence-electron chi connectivity index (χ0n) is 10.6. The Kier molecular flexibility index (Phi) is 2.96. The number of benzene rings is 1. The molecule has 0 N–H and O–H groups in total. The molecule has 2 nitrogen and oxygen atoms in total. The summed E-state index contributed by atoms with van der Waals surface area (Å²) in [6.45, 7) is 1.22. The van der Waals surface area contributed by atoms with Crippen molar-refractivity contribution in [3.8, 4) is 11.5 Å². The van der Waals surface area contributed by atoms with Gasteiger partial charge in [-0.2, -0.15) is 0 Å². The highest BCUT2D eigenvalue weighted by Crippen LogP contribution is 2.59. The van der Waals surface area contributed by atoms with Gasteiger partial charge in [0.2, 0.25) is 0 Å². The van der Waals surface area contributed by atoms with Crippen molar-refractivity contribution in [2.45, 2.75) is 24.1 Å². The summed E-state index contributed by atoms with van der Waals surface area (Å²) in [6, 6.07) is 3.95. The molecule has 2 fully saturated rings. The first-order valence-electron chi connectivity index (χ1n) is 6.95. The minimum Gasteiger partial charge on any atom is -0.486 e. The summed E-state index contributed by atoms with van der Waals surface area (Å²) in [6.07, 6.45) is 4.13. The fraction of sp³-hybridized carbons (Fsp3) is 0.600. The Bertz CT molecular complexity index is 509. The second kappa shape index (κ2) is 4.56. The summed E-state index contributed by atoms with van der Waals surface area (Å²) in [5, 5.41) is 0.784. The first-order valence-corrected chi connectivity index (χ1v) is 8.25. The van der Waals surface area contributed by atoms with Crippen molar-refractivity contribution in [3.63, 3.8) is 0 Å². The van der Waals surface area contributed by atoms with Gasteiger partial charge in [-0.05, 0) is 48.6 Å². The van der Waals surface area contributed by atoms with Gasteiger partial charge >= 0.3 is 0 Å². The van der Waals surface area contributed by atoms with Crippen LogP contribution in [-0.2, 0) is 0 Å². The second-order valence-corrected chi connectivity index (χ2v) is 7.30. The van der Waals surface area contributed by atoms with Crippen molar-refractivity contribution in [2.75, 3.05) is 13.2 Å². The zero-order chi connectivity index (χ0) is 13.0. The number of fused-ring (bicyclic) bond motifs is 2. The number of rotatable bonds is 2. The van der Waals surface area contributed by atoms with Crippen LogP contribution in [0.25, 0.3) is 0 Å². The summed E-state index contributed by atoms with van der Waals surface area (Å²) < 4.78 is 11.2. The van der Waals surface area contributed by atoms with Gasteiger partial charge in [-0.25, -0.2) is 0 Å². The first-order chi connectivity index (χ1) is 9.22. The van der Waals surface area contributed by atoms with Gasteiger partial charge < -0.3 is 9.47 Å². The third-order valence-electron chi connectivity index (χ3n) is 4.65. The van der Waals surface area contributed by atoms with Gasteiger partial charge in [0, 0.05) is 15.9 Å². The van der Waals surface area contributed by atoms with E-state index in [4.69, 9.17) is 21.1 Å². The van der Waals surface area contributed by atoms with Crippen LogP contribution in [-0.4, -0.2) is 13.2 Å². The maximum absolute atomic E-state index is 6.42. The lowest BCUT2D eigenvalue weighted by Gasteiger charge is -2.24. The van der Waals surface area contributed by atoms with Crippen LogP contribution in [0.4, 0.5) is 0 Å². The lowest BCUT2D eigenvalue weighted by atomic mass is 9.94. The molecule has 1 aliphatic heterocycles. The molecule has 3 atom stereocenters. The lowest BCUT2D eigenvalue weighted by Crippen LogP contribution is -2.16. The predicted octanol–water partition coefficient (Wildman–Crippen LogP) is 4.59. The van der Waals surface area contributed by atoms with Crippen molar-refractivity contribution in [1.82, 2.24) is 0 Å². The van der Waals surface area contributed by atoms with Crippen LogP contribution in [0.2, 0.25) is 5.02 Å². The van der Waals surface area contributed by atoms with Gasteiger partial charge in [0.1, 0.15) is 13.2 Å². The largest absolute Gasteiger partial charge is 0.486 e. The van der Waals surface area contributed by atoms with Crippen molar-refractivity contribution >= 4 is 27.5 Å². The van der Waals surface area contributed by atoms with E-state index in [0.29, 0.717) is 24.0 Å². The molecule has 102 valence electrons. The number of alkyl halides is 1. The summed E-state index contributed by atoms with van der Waals surface area (Å²) in [4.78, 5) is 0.337. The Morgan fingerprint density at radius 2 is 1.68 bits per heavy atom. The molecular formula is C15H16BrClO2. The number of halogens is 2. The molecule has 19 heavy (non-hydrogen) atoms. The fourth-order valence-electron chi connectivity index (χ4n) is 3.55. The van der Waals surface area contributed by atoms with Crippen LogP contribution in [0, 0.1) is 17.8 Å². The number of hydrogen-bond acceptors (Lipinski definition) is 2. The Hall–Kier alpha value is -0.410. The van der Waals surface area contributed by atoms with Crippen LogP contribution in [0.3, 0.4) is 0 Å². The monoisotopic (exact) mass is 342 g/mol. The molecule has 0 aromatic heterocycles. The molecule has 2 saturated carbocycles. The van der Waals surface area contributed by atoms with Gasteiger partial charge in [-0.15, -0.1) is 0 Å². The van der Waals surface area contributed by atoms with E-state index in [1.807, 2.05) is 6.07 Å². The van der Waals surface area contributed by atoms with Crippen molar-refractivity contribution in [3.05, 3.63) is 22.7 Å². The van der Waals surface area contributed by atoms with E-state index >= 15 is 0 Å². The Morgan fingerprint density at radius 1 is 1.05 bits per heavy atom. The molecule has 1 aromatic carbocycles. The van der Waals surface area contributed by atoms with E-state index in [1.54, 1.807) is 0 Å². The summed E-state index contributed by atoms with van der Waals surface area (Å²) in [5.74, 6) is 4.29. The van der Waals surface area contributed by atoms with E-state index in [2.05, 4.69) is 22.0 Å². The van der Waals surface area contributed by atoms with Crippen LogP contribution in [0.5, 0.6) is 11.5 Å². The summed E-state index contributed by atoms with van der Waals surface area (Å²) in [5.41, 5.74) is 1.15. The average Bonchev–Trinajstić information content (AvgIpc) is 3.03. The van der Waals surface area contributed by atoms with Crippen molar-refractivity contribution in [1.29, 1.82) is 0 Å². The quantitative estimate of drug-likeness (QED) is 0.731. The average molecular weight is 344 g/mol. The molecule has 0 amide bonds. The van der Waals surface area contributed by atoms with Crippen LogP contribution in [0.1, 0.15) is 29.7 Å². The topological polar surface area (TPSA) is 18.5 Å². The molecule has 3 unspecified atom stereocenters. The minimum absolute atomic E-state index is 0.337. The van der Waals surface area contributed by atoms with E-state index in [9.17, 15) is 0 Å². The zero-order valence-corrected chi connectivity index (χ0v) is 12.9. The van der Waals surface area contributed by atoms with E-state index < -0.39 is 0 Å². The molecule has 0 spiro atoms. The Morgan fingerprint density at radius 3 is 2.37 bits per heavy atom. The normalized spacial score (nSPS) is 32.8. The molecule has 1 aromatic rings. The highest BCUT2D eigenvalue weighted by Gasteiger charge is 2.47. The molecule has 0 saturated heterocycles. The van der Waals surface area contributed by atoms with Crippen LogP contribution >= 0.6 is 27.5 Å². The number of ether oxygens (including phenoxy) is 2. The smallest absolute Gasteiger partial charge is 0.162 e. The molecule has 4 heteroatoms. The maximum Gasteiger partial charge on any atom is 0.162 e. The van der Waals surface area contributed by atoms with E-state index in [1.165, 1.54) is 19.3 Å². The minimum atomic E-state index is 0.337. The fourth-order valence-corrected chi connectivity index (χ4v) is 4.76. The van der Waals surface area contributed by atoms with Gasteiger partial charge in [-0.1, -0.05) is 27.5 Å². The van der Waals surface area contributed by atoms with Crippen LogP contribution < -0.4 is 9.47 Å². The lowest BCUT2D eigenvalue weighted by molar-refractivity contribution is 0.171. The summed E-state index contributed by atoms with van der Waals surface area (Å²) in [7, 11) is 0. The maximum atomic E-state index is 6.42. The molecule has 3 aliphatic rings. The molecule has 0 bridgehead atoms. The molecule has 1 heterocycles. The summed E-state index contributed by atoms with van der Waals surface area (Å²) >= 11 is 10.3. The van der Waals surface area contributed by atoms with Gasteiger partial charge in [-0.3, -0.25) is 0 Å². The molecule has 4 rings (SSSR count). The standard InChI is InChI=1S/C15H16BrClO2/c16-15(10-4-8-3-9(8)5-10)11-6-13-14(7-12(11)17)19-2-1-18-13/h6-10,15H,1-5H2. The first kappa shape index (κ1) is 12.3. The Labute approximate surface area is 126 Å². The van der Waals surface area contributed by atoms with Gasteiger partial charge in [0.15, 0.2) is 11.5 Å². The van der Waals surface area contributed by atoms with E-state index in [-0.39, 0.29) is 0 Å². The second-order valence-electron chi connectivity index (χ2n) is 5.91. The third-order valence-corrected chi connectivity index (χ3v) is 6.22. The molecular weight excluding hydrogens is 328 g/mol. The van der Waals surface area contributed by atoms with E-state index in [0.717, 1.165) is 33.9 Å². The highest BCUT2D eigenvalue weighted by atomic mass is 79.9. The van der Waals surface area contributed by atoms with Gasteiger partial charge in [0.05, 0.1) is 0 Å². The highest BCUT2D eigenvalue weighted by molar-refractivity contribution is 9.09. The van der Waals surface area contributed by atoms with Crippen molar-refractivity contribution in [2.24, 2.45) is 17.8 Å². The third kappa shape index (κ3) is 2.15. The predicted molar refractivity (Wildman–Crippen MR) is 78.4 cm³/mol. The molecule has 2 aliphatic carbocycles. The van der Waals surface area contributed by atoms with Crippen LogP contribution in [0.15, 0.2) is 12.1 Å². The Balaban J connectivity index is 1.62. The van der Waals surface area contributed by atoms with Crippen molar-refractivity contribution < 1.29 is 9.47 Å². The molecule has 0 radical (unpaired) electrons. The van der Waals surface area contributed by atoms with Gasteiger partial charge in [0.25, 0.3) is 0 Å². The number of hydrogen-bond donors (Lipinski definition) is 0.